The molecule has 0 N–H and O–H groups in total. The number of non-ortho nitro benzene ring substituents is 2. The number of nitrogens with zero attached hydrogens (tertiary/aromatic N) is 10. The molecule has 14 heteroatoms. The van der Waals surface area contributed by atoms with Crippen LogP contribution in [0.1, 0.15) is 0 Å². The van der Waals surface area contributed by atoms with Crippen LogP contribution in [0.3, 0.4) is 0 Å². The van der Waals surface area contributed by atoms with Gasteiger partial charge in [0.25, 0.3) is 11.4 Å². The fourth-order valence-electron chi connectivity index (χ4n) is 5.63. The number of hydrogen-bond donors (Lipinski definition) is 0. The predicted octanol–water partition coefficient (Wildman–Crippen LogP) is 6.22. The van der Waals surface area contributed by atoms with Gasteiger partial charge in [-0.05, 0) is 128 Å². The van der Waals surface area contributed by atoms with Gasteiger partial charge in [0.05, 0.1) is 31.2 Å². The van der Waals surface area contributed by atoms with Crippen LogP contribution < -0.4 is 9.59 Å². The molecule has 0 unspecified atom stereocenters. The molecule has 0 radical (unpaired) electrons. The molecule has 8 rings (SSSR count). The number of hydrogen-bond acceptors (Lipinski definition) is 8. The number of aromatic nitrogens is 8. The zero-order valence-electron chi connectivity index (χ0n) is 27.1. The van der Waals surface area contributed by atoms with Crippen molar-refractivity contribution < 1.29 is 19.4 Å². The molecular weight excluding hydrogens is 660 g/mol. The van der Waals surface area contributed by atoms with Gasteiger partial charge < -0.3 is 0 Å². The highest BCUT2D eigenvalue weighted by Gasteiger charge is 2.26. The van der Waals surface area contributed by atoms with Crippen LogP contribution in [-0.2, 0) is 0 Å². The lowest BCUT2D eigenvalue weighted by molar-refractivity contribution is -0.734. The van der Waals surface area contributed by atoms with Gasteiger partial charge in [0.2, 0.25) is 0 Å². The average molecular weight is 687 g/mol. The first-order valence-electron chi connectivity index (χ1n) is 16.0. The van der Waals surface area contributed by atoms with E-state index in [1.807, 2.05) is 109 Å². The Kier molecular flexibility index (Phi) is 8.05. The zero-order chi connectivity index (χ0) is 35.6. The molecule has 250 valence electrons. The van der Waals surface area contributed by atoms with Gasteiger partial charge in [-0.15, -0.1) is 0 Å². The average Bonchev–Trinajstić information content (AvgIpc) is 3.85. The minimum absolute atomic E-state index is 0.0179. The summed E-state index contributed by atoms with van der Waals surface area (Å²) in [6.45, 7) is 0. The molecule has 0 saturated carbocycles. The second-order valence-corrected chi connectivity index (χ2v) is 11.6. The van der Waals surface area contributed by atoms with Crippen molar-refractivity contribution in [1.29, 1.82) is 0 Å². The fourth-order valence-corrected chi connectivity index (χ4v) is 5.63. The van der Waals surface area contributed by atoms with Gasteiger partial charge in [0, 0.05) is 33.9 Å². The first-order chi connectivity index (χ1) is 25.4. The van der Waals surface area contributed by atoms with Crippen LogP contribution in [0.2, 0.25) is 0 Å². The van der Waals surface area contributed by atoms with Crippen molar-refractivity contribution in [3.8, 4) is 56.7 Å². The molecule has 52 heavy (non-hydrogen) atoms. The first kappa shape index (κ1) is 31.5. The van der Waals surface area contributed by atoms with E-state index in [4.69, 9.17) is 20.4 Å². The summed E-state index contributed by atoms with van der Waals surface area (Å²) in [6, 6.07) is 47.1. The van der Waals surface area contributed by atoms with Crippen molar-refractivity contribution in [2.24, 2.45) is 0 Å². The molecule has 6 aromatic carbocycles. The maximum atomic E-state index is 11.3. The van der Waals surface area contributed by atoms with Gasteiger partial charge in [-0.1, -0.05) is 36.4 Å². The normalized spacial score (nSPS) is 11.0. The van der Waals surface area contributed by atoms with Gasteiger partial charge >= 0.3 is 11.6 Å². The molecule has 0 bridgehead atoms. The Labute approximate surface area is 295 Å². The van der Waals surface area contributed by atoms with Crippen LogP contribution in [0.15, 0.2) is 158 Å². The second kappa shape index (κ2) is 13.3. The van der Waals surface area contributed by atoms with Gasteiger partial charge in [-0.2, -0.15) is 0 Å². The number of nitro groups is 2. The Morgan fingerprint density at radius 1 is 0.423 bits per heavy atom. The monoisotopic (exact) mass is 686 g/mol. The number of benzene rings is 6. The lowest BCUT2D eigenvalue weighted by Crippen LogP contribution is -2.43. The minimum atomic E-state index is -0.440. The molecule has 8 aromatic rings. The van der Waals surface area contributed by atoms with Crippen LogP contribution in [0.4, 0.5) is 11.4 Å². The Hall–Kier alpha value is -7.74. The van der Waals surface area contributed by atoms with Crippen molar-refractivity contribution in [2.75, 3.05) is 0 Å². The zero-order valence-corrected chi connectivity index (χ0v) is 27.1. The van der Waals surface area contributed by atoms with Gasteiger partial charge in [0.1, 0.15) is 11.4 Å². The number of rotatable bonds is 9. The van der Waals surface area contributed by atoms with Crippen LogP contribution >= 0.6 is 0 Å². The molecule has 2 aromatic heterocycles. The molecule has 0 aliphatic heterocycles. The van der Waals surface area contributed by atoms with Crippen LogP contribution in [0.25, 0.3) is 56.7 Å². The van der Waals surface area contributed by atoms with Crippen LogP contribution in [0, 0.1) is 20.2 Å². The van der Waals surface area contributed by atoms with E-state index in [1.54, 1.807) is 43.5 Å². The molecule has 0 saturated heterocycles. The van der Waals surface area contributed by atoms with Crippen molar-refractivity contribution in [3.05, 3.63) is 178 Å². The Balaban J connectivity index is 1.12. The van der Waals surface area contributed by atoms with E-state index >= 15 is 0 Å². The molecule has 0 aliphatic carbocycles. The van der Waals surface area contributed by atoms with Crippen LogP contribution in [-0.4, -0.2) is 39.8 Å². The van der Waals surface area contributed by atoms with E-state index in [-0.39, 0.29) is 11.4 Å². The van der Waals surface area contributed by atoms with E-state index in [1.165, 1.54) is 24.3 Å². The van der Waals surface area contributed by atoms with Crippen LogP contribution in [0.5, 0.6) is 0 Å². The molecule has 0 amide bonds. The van der Waals surface area contributed by atoms with Crippen molar-refractivity contribution >= 4 is 11.4 Å². The minimum Gasteiger partial charge on any atom is -0.258 e. The van der Waals surface area contributed by atoms with E-state index in [0.29, 0.717) is 23.0 Å². The SMILES string of the molecule is O=[N+]([O-])c1ccc(-n2nc(-c3ccccc3)n[n+]2-c2ccc(-c3ccc(-[n+]4nc(-c5ccccc5)nn4-c4ccc([N+](=O)[O-])cc4)cc3)cc2)cc1. The second-order valence-electron chi connectivity index (χ2n) is 11.6. The third kappa shape index (κ3) is 6.14. The maximum Gasteiger partial charge on any atom is 0.340 e. The van der Waals surface area contributed by atoms with Crippen molar-refractivity contribution in [3.63, 3.8) is 0 Å². The van der Waals surface area contributed by atoms with E-state index in [9.17, 15) is 20.2 Å². The lowest BCUT2D eigenvalue weighted by Gasteiger charge is -2.05. The predicted molar refractivity (Wildman–Crippen MR) is 189 cm³/mol. The summed E-state index contributed by atoms with van der Waals surface area (Å²) in [6.07, 6.45) is 0. The number of nitro benzene ring substituents is 2. The van der Waals surface area contributed by atoms with Gasteiger partial charge in [-0.3, -0.25) is 20.2 Å². The smallest absolute Gasteiger partial charge is 0.258 e. The molecule has 0 aliphatic rings. The highest BCUT2D eigenvalue weighted by atomic mass is 16.6. The third-order valence-corrected chi connectivity index (χ3v) is 8.29. The summed E-state index contributed by atoms with van der Waals surface area (Å²) in [5.74, 6) is 0.987. The highest BCUT2D eigenvalue weighted by molar-refractivity contribution is 5.65. The molecule has 0 fully saturated rings. The highest BCUT2D eigenvalue weighted by Crippen LogP contribution is 2.23. The van der Waals surface area contributed by atoms with Gasteiger partial charge in [-0.25, -0.2) is 0 Å². The third-order valence-electron chi connectivity index (χ3n) is 8.29. The summed E-state index contributed by atoms with van der Waals surface area (Å²) in [5.41, 5.74) is 6.19. The Morgan fingerprint density at radius 2 is 0.769 bits per heavy atom. The Morgan fingerprint density at radius 3 is 1.10 bits per heavy atom. The Bertz CT molecular complexity index is 2360. The quantitative estimate of drug-likeness (QED) is 0.0985. The molecular formula is C38H26N10O4+2. The van der Waals surface area contributed by atoms with Crippen molar-refractivity contribution in [1.82, 2.24) is 30.0 Å². The summed E-state index contributed by atoms with van der Waals surface area (Å²) >= 11 is 0. The van der Waals surface area contributed by atoms with Crippen molar-refractivity contribution in [2.45, 2.75) is 0 Å². The number of tetrazole rings is 2. The topological polar surface area (TPSA) is 155 Å². The van der Waals surface area contributed by atoms with Gasteiger partial charge in [0.15, 0.2) is 11.4 Å². The molecule has 0 atom stereocenters. The lowest BCUT2D eigenvalue weighted by atomic mass is 10.1. The summed E-state index contributed by atoms with van der Waals surface area (Å²) in [4.78, 5) is 28.2. The van der Waals surface area contributed by atoms with E-state index in [2.05, 4.69) is 0 Å². The summed E-state index contributed by atoms with van der Waals surface area (Å²) in [7, 11) is 0. The largest absolute Gasteiger partial charge is 0.340 e. The first-order valence-corrected chi connectivity index (χ1v) is 16.0. The molecule has 2 heterocycles. The summed E-state index contributed by atoms with van der Waals surface area (Å²) < 4.78 is 0. The van der Waals surface area contributed by atoms with E-state index in [0.717, 1.165) is 33.6 Å². The molecule has 0 spiro atoms. The maximum absolute atomic E-state index is 11.3. The standard InChI is InChI=1S/C38H26N10O4/c49-47(50)35-23-19-33(20-24-35)45-41-37(29-7-3-1-4-8-29)39-43(45)31-15-11-27(12-16-31)28-13-17-32(18-14-28)44-40-38(30-9-5-2-6-10-30)42-46(44)34-21-25-36(26-22-34)48(51)52/h1-26H/q+2. The van der Waals surface area contributed by atoms with E-state index < -0.39 is 9.85 Å². The summed E-state index contributed by atoms with van der Waals surface area (Å²) in [5, 5.41) is 41.6. The fraction of sp³-hybridized carbons (Fsp3) is 0. The molecule has 14 nitrogen and oxygen atoms in total.